The van der Waals surface area contributed by atoms with Gasteiger partial charge in [0.05, 0.1) is 11.8 Å². The number of nitrogens with zero attached hydrogens (tertiary/aromatic N) is 4. The maximum atomic E-state index is 11.5. The van der Waals surface area contributed by atoms with Crippen molar-refractivity contribution in [1.29, 1.82) is 0 Å². The van der Waals surface area contributed by atoms with Gasteiger partial charge in [0.1, 0.15) is 0 Å². The summed E-state index contributed by atoms with van der Waals surface area (Å²) >= 11 is 1.36. The lowest BCUT2D eigenvalue weighted by molar-refractivity contribution is -0.118. The molecule has 17 heavy (non-hydrogen) atoms. The molecule has 0 radical (unpaired) electrons. The van der Waals surface area contributed by atoms with E-state index in [4.69, 9.17) is 0 Å². The van der Waals surface area contributed by atoms with Gasteiger partial charge in [0.25, 0.3) is 0 Å². The summed E-state index contributed by atoms with van der Waals surface area (Å²) in [6, 6.07) is 0.200. The summed E-state index contributed by atoms with van der Waals surface area (Å²) in [5.41, 5.74) is 0. The fraction of sp³-hybridized carbons (Fsp3) is 0.800. The quantitative estimate of drug-likeness (QED) is 0.773. The molecule has 0 unspecified atom stereocenters. The number of aromatic nitrogens is 4. The zero-order valence-electron chi connectivity index (χ0n) is 10.7. The van der Waals surface area contributed by atoms with Crippen molar-refractivity contribution in [2.75, 3.05) is 12.3 Å². The molecule has 0 atom stereocenters. The van der Waals surface area contributed by atoms with Gasteiger partial charge in [-0.1, -0.05) is 25.6 Å². The Morgan fingerprint density at radius 1 is 1.41 bits per heavy atom. The molecule has 0 saturated heterocycles. The van der Waals surface area contributed by atoms with Crippen LogP contribution in [-0.4, -0.2) is 38.4 Å². The van der Waals surface area contributed by atoms with Crippen LogP contribution in [0.2, 0.25) is 0 Å². The Hall–Kier alpha value is -1.11. The lowest BCUT2D eigenvalue weighted by Crippen LogP contribution is -2.28. The molecule has 0 bridgehead atoms. The highest BCUT2D eigenvalue weighted by Crippen LogP contribution is 2.16. The highest BCUT2D eigenvalue weighted by molar-refractivity contribution is 7.99. The Labute approximate surface area is 106 Å². The predicted octanol–water partition coefficient (Wildman–Crippen LogP) is 1.12. The second-order valence-electron chi connectivity index (χ2n) is 4.49. The standard InChI is InChI=1S/C10H19N5OS/c1-7(2)5-11-9(16)6-17-10-12-13-14-15(10)8(3)4/h7-8H,5-6H2,1-4H3,(H,11,16). The van der Waals surface area contributed by atoms with Crippen LogP contribution in [0.3, 0.4) is 0 Å². The fourth-order valence-electron chi connectivity index (χ4n) is 1.10. The second-order valence-corrected chi connectivity index (χ2v) is 5.43. The Morgan fingerprint density at radius 2 is 2.12 bits per heavy atom. The monoisotopic (exact) mass is 257 g/mol. The number of thioether (sulfide) groups is 1. The molecule has 0 aliphatic carbocycles. The van der Waals surface area contributed by atoms with Crippen LogP contribution < -0.4 is 5.32 Å². The zero-order chi connectivity index (χ0) is 12.8. The molecule has 7 heteroatoms. The van der Waals surface area contributed by atoms with Gasteiger partial charge in [-0.3, -0.25) is 4.79 Å². The third-order valence-electron chi connectivity index (χ3n) is 1.99. The van der Waals surface area contributed by atoms with Crippen molar-refractivity contribution in [3.63, 3.8) is 0 Å². The Morgan fingerprint density at radius 3 is 2.71 bits per heavy atom. The van der Waals surface area contributed by atoms with Gasteiger partial charge in [0.2, 0.25) is 11.1 Å². The topological polar surface area (TPSA) is 72.7 Å². The molecule has 0 aliphatic heterocycles. The van der Waals surface area contributed by atoms with E-state index in [9.17, 15) is 4.79 Å². The van der Waals surface area contributed by atoms with Crippen molar-refractivity contribution >= 4 is 17.7 Å². The molecule has 0 spiro atoms. The van der Waals surface area contributed by atoms with Gasteiger partial charge in [-0.2, -0.15) is 0 Å². The van der Waals surface area contributed by atoms with E-state index in [0.717, 1.165) is 0 Å². The first-order valence-corrected chi connectivity index (χ1v) is 6.66. The van der Waals surface area contributed by atoms with E-state index < -0.39 is 0 Å². The third-order valence-corrected chi connectivity index (χ3v) is 2.93. The Bertz CT molecular complexity index is 363. The maximum Gasteiger partial charge on any atom is 0.230 e. The lowest BCUT2D eigenvalue weighted by Gasteiger charge is -2.08. The summed E-state index contributed by atoms with van der Waals surface area (Å²) in [6.45, 7) is 8.83. The molecule has 1 aromatic rings. The number of carbonyl (C=O) groups is 1. The van der Waals surface area contributed by atoms with E-state index in [1.54, 1.807) is 4.68 Å². The van der Waals surface area contributed by atoms with Crippen LogP contribution in [0.5, 0.6) is 0 Å². The van der Waals surface area contributed by atoms with Crippen molar-refractivity contribution in [1.82, 2.24) is 25.5 Å². The van der Waals surface area contributed by atoms with Gasteiger partial charge in [0, 0.05) is 6.54 Å². The van der Waals surface area contributed by atoms with Crippen LogP contribution in [0.15, 0.2) is 5.16 Å². The number of tetrazole rings is 1. The number of hydrogen-bond donors (Lipinski definition) is 1. The molecule has 96 valence electrons. The summed E-state index contributed by atoms with van der Waals surface area (Å²) in [7, 11) is 0. The summed E-state index contributed by atoms with van der Waals surface area (Å²) in [5, 5.41) is 14.9. The molecular formula is C10H19N5OS. The smallest absolute Gasteiger partial charge is 0.230 e. The van der Waals surface area contributed by atoms with E-state index in [-0.39, 0.29) is 11.9 Å². The molecule has 0 aromatic carbocycles. The Balaban J connectivity index is 2.39. The third kappa shape index (κ3) is 4.72. The van der Waals surface area contributed by atoms with Crippen molar-refractivity contribution in [2.45, 2.75) is 38.9 Å². The number of rotatable bonds is 6. The second kappa shape index (κ2) is 6.58. The predicted molar refractivity (Wildman–Crippen MR) is 66.8 cm³/mol. The van der Waals surface area contributed by atoms with E-state index in [2.05, 4.69) is 34.7 Å². The molecular weight excluding hydrogens is 238 g/mol. The van der Waals surface area contributed by atoms with E-state index >= 15 is 0 Å². The summed E-state index contributed by atoms with van der Waals surface area (Å²) in [5.74, 6) is 0.826. The molecule has 1 aromatic heterocycles. The molecule has 1 heterocycles. The SMILES string of the molecule is CC(C)CNC(=O)CSc1nnnn1C(C)C. The van der Waals surface area contributed by atoms with Crippen LogP contribution >= 0.6 is 11.8 Å². The van der Waals surface area contributed by atoms with Gasteiger partial charge < -0.3 is 5.32 Å². The van der Waals surface area contributed by atoms with Crippen molar-refractivity contribution in [3.8, 4) is 0 Å². The summed E-state index contributed by atoms with van der Waals surface area (Å²) in [4.78, 5) is 11.5. The van der Waals surface area contributed by atoms with Gasteiger partial charge in [0.15, 0.2) is 0 Å². The van der Waals surface area contributed by atoms with Crippen molar-refractivity contribution in [2.24, 2.45) is 5.92 Å². The molecule has 6 nitrogen and oxygen atoms in total. The number of hydrogen-bond acceptors (Lipinski definition) is 5. The number of carbonyl (C=O) groups excluding carboxylic acids is 1. The summed E-state index contributed by atoms with van der Waals surface area (Å²) in [6.07, 6.45) is 0. The molecule has 0 saturated carbocycles. The van der Waals surface area contributed by atoms with Crippen molar-refractivity contribution < 1.29 is 4.79 Å². The molecule has 0 fully saturated rings. The van der Waals surface area contributed by atoms with Gasteiger partial charge in [-0.25, -0.2) is 4.68 Å². The lowest BCUT2D eigenvalue weighted by atomic mass is 10.2. The average Bonchev–Trinajstić information content (AvgIpc) is 2.71. The van der Waals surface area contributed by atoms with Crippen LogP contribution in [0.4, 0.5) is 0 Å². The average molecular weight is 257 g/mol. The van der Waals surface area contributed by atoms with Crippen LogP contribution in [0.25, 0.3) is 0 Å². The van der Waals surface area contributed by atoms with E-state index in [0.29, 0.717) is 23.4 Å². The molecule has 1 rings (SSSR count). The maximum absolute atomic E-state index is 11.5. The van der Waals surface area contributed by atoms with E-state index in [1.165, 1.54) is 11.8 Å². The highest BCUT2D eigenvalue weighted by Gasteiger charge is 2.11. The molecule has 1 amide bonds. The summed E-state index contributed by atoms with van der Waals surface area (Å²) < 4.78 is 1.71. The van der Waals surface area contributed by atoms with Crippen molar-refractivity contribution in [3.05, 3.63) is 0 Å². The fourth-order valence-corrected chi connectivity index (χ4v) is 1.94. The Kier molecular flexibility index (Phi) is 5.40. The first-order valence-electron chi connectivity index (χ1n) is 5.68. The first kappa shape index (κ1) is 14.0. The largest absolute Gasteiger partial charge is 0.355 e. The number of nitrogens with one attached hydrogen (secondary N) is 1. The zero-order valence-corrected chi connectivity index (χ0v) is 11.5. The molecule has 1 N–H and O–H groups in total. The van der Waals surface area contributed by atoms with Gasteiger partial charge >= 0.3 is 0 Å². The van der Waals surface area contributed by atoms with Crippen LogP contribution in [0.1, 0.15) is 33.7 Å². The highest BCUT2D eigenvalue weighted by atomic mass is 32.2. The van der Waals surface area contributed by atoms with Crippen LogP contribution in [-0.2, 0) is 4.79 Å². The minimum atomic E-state index is 0.0157. The normalized spacial score (nSPS) is 11.2. The molecule has 0 aliphatic rings. The number of amides is 1. The van der Waals surface area contributed by atoms with E-state index in [1.807, 2.05) is 13.8 Å². The first-order chi connectivity index (χ1) is 8.00. The minimum absolute atomic E-state index is 0.0157. The van der Waals surface area contributed by atoms with Gasteiger partial charge in [-0.15, -0.1) is 5.10 Å². The van der Waals surface area contributed by atoms with Crippen LogP contribution in [0, 0.1) is 5.92 Å². The minimum Gasteiger partial charge on any atom is -0.355 e. The van der Waals surface area contributed by atoms with Gasteiger partial charge in [-0.05, 0) is 30.2 Å².